The molecule has 3 heteroatoms. The largest absolute Gasteiger partial charge is 1.00 e. The molecule has 0 saturated carbocycles. The second-order valence-corrected chi connectivity index (χ2v) is 3.31. The topological polar surface area (TPSA) is 0 Å². The summed E-state index contributed by atoms with van der Waals surface area (Å²) in [7, 11) is 0. The van der Waals surface area contributed by atoms with Crippen LogP contribution < -0.4 is 20.7 Å². The average Bonchev–Trinajstić information content (AvgIpc) is 1.80. The monoisotopic (exact) mass is 228 g/mol. The normalized spacial score (nSPS) is 8.80. The molecule has 0 aliphatic heterocycles. The molecule has 0 radical (unpaired) electrons. The van der Waals surface area contributed by atoms with E-state index in [1.165, 1.54) is 3.69 Å². The summed E-state index contributed by atoms with van der Waals surface area (Å²) in [6, 6.07) is 6.08. The molecule has 0 aliphatic rings. The predicted molar refractivity (Wildman–Crippen MR) is 41.6 cm³/mol. The molecule has 1 rings (SSSR count). The SMILES string of the molecule is Cc1cc[c]([Mg+])cc1Cl.[Br-]. The molecule has 0 unspecified atom stereocenters. The first-order valence-electron chi connectivity index (χ1n) is 2.78. The zero-order chi connectivity index (χ0) is 6.85. The van der Waals surface area contributed by atoms with E-state index in [2.05, 4.69) is 6.07 Å². The number of halogens is 2. The first-order valence-corrected chi connectivity index (χ1v) is 3.87. The fraction of sp³-hybridized carbons (Fsp3) is 0.143. The van der Waals surface area contributed by atoms with E-state index in [0.29, 0.717) is 0 Å². The van der Waals surface area contributed by atoms with Crippen molar-refractivity contribution in [1.82, 2.24) is 0 Å². The van der Waals surface area contributed by atoms with Gasteiger partial charge in [0, 0.05) is 0 Å². The molecule has 0 saturated heterocycles. The zero-order valence-corrected chi connectivity index (χ0v) is 9.45. The van der Waals surface area contributed by atoms with Crippen molar-refractivity contribution in [2.75, 3.05) is 0 Å². The van der Waals surface area contributed by atoms with E-state index in [0.717, 1.165) is 10.6 Å². The summed E-state index contributed by atoms with van der Waals surface area (Å²) in [6.07, 6.45) is 0. The predicted octanol–water partition coefficient (Wildman–Crippen LogP) is -1.55. The molecule has 0 N–H and O–H groups in total. The van der Waals surface area contributed by atoms with Gasteiger partial charge in [-0.25, -0.2) is 0 Å². The van der Waals surface area contributed by atoms with Crippen molar-refractivity contribution >= 4 is 37.0 Å². The number of aryl methyl sites for hydroxylation is 1. The molecule has 1 aromatic rings. The molecule has 0 aromatic heterocycles. The summed E-state index contributed by atoms with van der Waals surface area (Å²) in [6.45, 7) is 2.00. The Morgan fingerprint density at radius 1 is 1.40 bits per heavy atom. The van der Waals surface area contributed by atoms with Gasteiger partial charge < -0.3 is 17.0 Å². The molecular weight excluding hydrogens is 224 g/mol. The van der Waals surface area contributed by atoms with Crippen molar-refractivity contribution < 1.29 is 17.0 Å². The van der Waals surface area contributed by atoms with Crippen LogP contribution in [0.25, 0.3) is 0 Å². The summed E-state index contributed by atoms with van der Waals surface area (Å²) >= 11 is 7.66. The maximum atomic E-state index is 5.82. The Morgan fingerprint density at radius 2 is 2.00 bits per heavy atom. The van der Waals surface area contributed by atoms with Crippen LogP contribution in [0.3, 0.4) is 0 Å². The van der Waals surface area contributed by atoms with Crippen LogP contribution in [-0.4, -0.2) is 21.7 Å². The van der Waals surface area contributed by atoms with Gasteiger partial charge in [-0.3, -0.25) is 0 Å². The molecule has 1 aromatic carbocycles. The molecule has 10 heavy (non-hydrogen) atoms. The van der Waals surface area contributed by atoms with E-state index in [9.17, 15) is 0 Å². The van der Waals surface area contributed by atoms with Crippen LogP contribution in [0.5, 0.6) is 0 Å². The number of hydrogen-bond acceptors (Lipinski definition) is 0. The molecule has 0 heterocycles. The Morgan fingerprint density at radius 3 is 2.40 bits per heavy atom. The van der Waals surface area contributed by atoms with Crippen LogP contribution in [0.1, 0.15) is 5.56 Å². The third-order valence-electron chi connectivity index (χ3n) is 1.24. The van der Waals surface area contributed by atoms with Gasteiger partial charge in [-0.15, -0.1) is 0 Å². The standard InChI is InChI=1S/C7H6Cl.BrH.Mg/c1-6-4-2-3-5-7(6)8;;/h2,4-5H,1H3;1H;/q;;+1/p-1. The smallest absolute Gasteiger partial charge is 1.00 e. The number of benzene rings is 1. The van der Waals surface area contributed by atoms with Crippen LogP contribution in [0.15, 0.2) is 18.2 Å². The van der Waals surface area contributed by atoms with E-state index in [-0.39, 0.29) is 17.0 Å². The Bertz CT molecular complexity index is 225. The van der Waals surface area contributed by atoms with Crippen molar-refractivity contribution in [3.05, 3.63) is 28.8 Å². The van der Waals surface area contributed by atoms with Crippen molar-refractivity contribution in [3.63, 3.8) is 0 Å². The first-order chi connectivity index (χ1) is 4.20. The fourth-order valence-corrected chi connectivity index (χ4v) is 1.29. The van der Waals surface area contributed by atoms with Gasteiger partial charge in [0.25, 0.3) is 0 Å². The van der Waals surface area contributed by atoms with Crippen molar-refractivity contribution in [3.8, 4) is 0 Å². The maximum absolute atomic E-state index is 5.82. The van der Waals surface area contributed by atoms with Gasteiger partial charge in [0.2, 0.25) is 0 Å². The van der Waals surface area contributed by atoms with E-state index < -0.39 is 0 Å². The number of hydrogen-bond donors (Lipinski definition) is 0. The summed E-state index contributed by atoms with van der Waals surface area (Å²) in [5, 5.41) is 0.863. The second-order valence-electron chi connectivity index (χ2n) is 2.08. The minimum absolute atomic E-state index is 0. The summed E-state index contributed by atoms with van der Waals surface area (Å²) in [4.78, 5) is 0. The fourth-order valence-electron chi connectivity index (χ4n) is 0.636. The molecular formula is C7H6BrClMg. The van der Waals surface area contributed by atoms with E-state index in [4.69, 9.17) is 11.6 Å². The Hall–Kier alpha value is 0.756. The molecule has 0 amide bonds. The molecule has 50 valence electrons. The van der Waals surface area contributed by atoms with Gasteiger partial charge in [0.1, 0.15) is 0 Å². The third-order valence-corrected chi connectivity index (χ3v) is 2.08. The minimum Gasteiger partial charge on any atom is -1.00 e. The van der Waals surface area contributed by atoms with Crippen LogP contribution in [0, 0.1) is 6.92 Å². The Balaban J connectivity index is 0.000000810. The summed E-state index contributed by atoms with van der Waals surface area (Å²) in [5.41, 5.74) is 1.15. The van der Waals surface area contributed by atoms with Gasteiger partial charge in [-0.05, 0) is 0 Å². The van der Waals surface area contributed by atoms with Crippen LogP contribution in [0.4, 0.5) is 0 Å². The number of rotatable bonds is 0. The molecule has 0 aliphatic carbocycles. The Labute approximate surface area is 89.2 Å². The average molecular weight is 230 g/mol. The quantitative estimate of drug-likeness (QED) is 0.473. The molecule has 0 bridgehead atoms. The van der Waals surface area contributed by atoms with Crippen molar-refractivity contribution in [1.29, 1.82) is 0 Å². The maximum Gasteiger partial charge on any atom is -1.00 e. The van der Waals surface area contributed by atoms with Crippen LogP contribution >= 0.6 is 11.6 Å². The van der Waals surface area contributed by atoms with E-state index in [1.54, 1.807) is 0 Å². The zero-order valence-electron chi connectivity index (χ0n) is 5.70. The van der Waals surface area contributed by atoms with E-state index >= 15 is 0 Å². The first kappa shape index (κ1) is 10.8. The molecule has 0 nitrogen and oxygen atoms in total. The van der Waals surface area contributed by atoms with Crippen molar-refractivity contribution in [2.24, 2.45) is 0 Å². The Kier molecular flexibility index (Phi) is 4.94. The van der Waals surface area contributed by atoms with Gasteiger partial charge in [-0.1, -0.05) is 0 Å². The van der Waals surface area contributed by atoms with Crippen LogP contribution in [0.2, 0.25) is 5.02 Å². The van der Waals surface area contributed by atoms with E-state index in [1.807, 2.05) is 40.8 Å². The minimum atomic E-state index is 0. The van der Waals surface area contributed by atoms with Crippen molar-refractivity contribution in [2.45, 2.75) is 6.92 Å². The second kappa shape index (κ2) is 4.60. The summed E-state index contributed by atoms with van der Waals surface area (Å²) < 4.78 is 1.24. The third kappa shape index (κ3) is 2.78. The molecule has 0 fully saturated rings. The molecule has 0 spiro atoms. The van der Waals surface area contributed by atoms with Crippen LogP contribution in [-0.2, 0) is 0 Å². The summed E-state index contributed by atoms with van der Waals surface area (Å²) in [5.74, 6) is 0. The van der Waals surface area contributed by atoms with Gasteiger partial charge in [-0.2, -0.15) is 0 Å². The van der Waals surface area contributed by atoms with Gasteiger partial charge >= 0.3 is 72.7 Å². The molecule has 0 atom stereocenters. The van der Waals surface area contributed by atoms with Gasteiger partial charge in [0.15, 0.2) is 0 Å². The van der Waals surface area contributed by atoms with Gasteiger partial charge in [0.05, 0.1) is 0 Å².